The van der Waals surface area contributed by atoms with Gasteiger partial charge in [0, 0.05) is 17.3 Å². The first-order chi connectivity index (χ1) is 15.0. The smallest absolute Gasteiger partial charge is 0.338 e. The molecule has 1 fully saturated rings. The lowest BCUT2D eigenvalue weighted by Crippen LogP contribution is -2.26. The van der Waals surface area contributed by atoms with Crippen LogP contribution in [0.3, 0.4) is 0 Å². The molecule has 1 aliphatic rings. The Morgan fingerprint density at radius 2 is 1.62 bits per heavy atom. The highest BCUT2D eigenvalue weighted by Crippen LogP contribution is 2.28. The van der Waals surface area contributed by atoms with Crippen molar-refractivity contribution in [3.63, 3.8) is 0 Å². The van der Waals surface area contributed by atoms with Gasteiger partial charge in [-0.15, -0.1) is 0 Å². The van der Waals surface area contributed by atoms with Crippen LogP contribution in [0.15, 0.2) is 47.4 Å². The zero-order valence-corrected chi connectivity index (χ0v) is 19.0. The van der Waals surface area contributed by atoms with Gasteiger partial charge in [0.15, 0.2) is 12.4 Å². The first-order valence-electron chi connectivity index (χ1n) is 9.47. The topological polar surface area (TPSA) is 145 Å². The Bertz CT molecular complexity index is 1230. The van der Waals surface area contributed by atoms with Crippen molar-refractivity contribution >= 4 is 37.5 Å². The maximum Gasteiger partial charge on any atom is 0.338 e. The molecule has 2 aromatic rings. The summed E-state index contributed by atoms with van der Waals surface area (Å²) in [6.07, 6.45) is 2.50. The highest BCUT2D eigenvalue weighted by Gasteiger charge is 2.30. The quantitative estimate of drug-likeness (QED) is 0.383. The first kappa shape index (κ1) is 23.7. The minimum absolute atomic E-state index is 0.0533. The van der Waals surface area contributed by atoms with Crippen LogP contribution in [0, 0.1) is 0 Å². The van der Waals surface area contributed by atoms with E-state index in [1.165, 1.54) is 43.5 Å². The van der Waals surface area contributed by atoms with E-state index in [1.54, 1.807) is 0 Å². The van der Waals surface area contributed by atoms with Gasteiger partial charge >= 0.3 is 5.97 Å². The maximum absolute atomic E-state index is 12.6. The minimum Gasteiger partial charge on any atom is -0.495 e. The molecule has 0 atom stereocenters. The number of hydrogen-bond acceptors (Lipinski definition) is 8. The molecule has 0 aromatic heterocycles. The zero-order valence-electron chi connectivity index (χ0n) is 17.3. The van der Waals surface area contributed by atoms with E-state index in [0.29, 0.717) is 0 Å². The average molecular weight is 483 g/mol. The Hall–Kier alpha value is -2.96. The normalized spacial score (nSPS) is 13.9. The number of Topliss-reactive ketones (excluding diaryl/α,β-unsaturated/α-hetero) is 1. The zero-order chi connectivity index (χ0) is 23.5. The van der Waals surface area contributed by atoms with Crippen LogP contribution in [0.25, 0.3) is 0 Å². The van der Waals surface area contributed by atoms with Gasteiger partial charge in [0.1, 0.15) is 10.6 Å². The van der Waals surface area contributed by atoms with Gasteiger partial charge in [0.05, 0.1) is 18.9 Å². The molecule has 1 aliphatic carbocycles. The van der Waals surface area contributed by atoms with Gasteiger partial charge in [-0.3, -0.25) is 9.52 Å². The van der Waals surface area contributed by atoms with E-state index < -0.39 is 38.4 Å². The number of rotatable bonds is 10. The van der Waals surface area contributed by atoms with Gasteiger partial charge in [-0.1, -0.05) is 0 Å². The van der Waals surface area contributed by atoms with Crippen molar-refractivity contribution in [2.45, 2.75) is 23.8 Å². The summed E-state index contributed by atoms with van der Waals surface area (Å²) in [4.78, 5) is 24.5. The van der Waals surface area contributed by atoms with Crippen LogP contribution in [0.1, 0.15) is 33.6 Å². The molecule has 2 aromatic carbocycles. The SMILES string of the molecule is COc1ccc(C(=O)OCC(=O)c2ccc(NS(C)(=O)=O)cc2)cc1S(=O)(=O)NC1CC1. The van der Waals surface area contributed by atoms with Crippen LogP contribution >= 0.6 is 0 Å². The van der Waals surface area contributed by atoms with Gasteiger partial charge in [-0.2, -0.15) is 0 Å². The lowest BCUT2D eigenvalue weighted by Gasteiger charge is -2.12. The van der Waals surface area contributed by atoms with Crippen molar-refractivity contribution in [1.82, 2.24) is 4.72 Å². The summed E-state index contributed by atoms with van der Waals surface area (Å²) >= 11 is 0. The van der Waals surface area contributed by atoms with Gasteiger partial charge in [-0.25, -0.2) is 26.4 Å². The van der Waals surface area contributed by atoms with Crippen LogP contribution in [-0.4, -0.2) is 54.6 Å². The van der Waals surface area contributed by atoms with Crippen molar-refractivity contribution in [2.24, 2.45) is 0 Å². The molecular weight excluding hydrogens is 460 g/mol. The first-order valence-corrected chi connectivity index (χ1v) is 12.8. The molecule has 0 aliphatic heterocycles. The Balaban J connectivity index is 1.68. The molecule has 2 N–H and O–H groups in total. The number of methoxy groups -OCH3 is 1. The van der Waals surface area contributed by atoms with Crippen LogP contribution < -0.4 is 14.2 Å². The fourth-order valence-electron chi connectivity index (χ4n) is 2.73. The van der Waals surface area contributed by atoms with Crippen molar-refractivity contribution in [3.05, 3.63) is 53.6 Å². The number of anilines is 1. The lowest BCUT2D eigenvalue weighted by atomic mass is 10.1. The Morgan fingerprint density at radius 1 is 1.00 bits per heavy atom. The molecule has 0 heterocycles. The van der Waals surface area contributed by atoms with E-state index in [9.17, 15) is 26.4 Å². The monoisotopic (exact) mass is 482 g/mol. The van der Waals surface area contributed by atoms with E-state index in [0.717, 1.165) is 25.2 Å². The summed E-state index contributed by atoms with van der Waals surface area (Å²) in [5.74, 6) is -1.31. The third-order valence-corrected chi connectivity index (χ3v) is 6.58. The second-order valence-corrected chi connectivity index (χ2v) is 10.6. The van der Waals surface area contributed by atoms with E-state index >= 15 is 0 Å². The Morgan fingerprint density at radius 3 is 2.19 bits per heavy atom. The molecule has 0 saturated heterocycles. The molecule has 12 heteroatoms. The molecule has 0 unspecified atom stereocenters. The van der Waals surface area contributed by atoms with Gasteiger partial charge in [-0.05, 0) is 55.3 Å². The van der Waals surface area contributed by atoms with E-state index in [1.807, 2.05) is 0 Å². The highest BCUT2D eigenvalue weighted by atomic mass is 32.2. The third kappa shape index (κ3) is 6.28. The average Bonchev–Trinajstić information content (AvgIpc) is 3.54. The summed E-state index contributed by atoms with van der Waals surface area (Å²) in [6, 6.07) is 9.30. The molecule has 32 heavy (non-hydrogen) atoms. The summed E-state index contributed by atoms with van der Waals surface area (Å²) in [7, 11) is -6.01. The largest absolute Gasteiger partial charge is 0.495 e. The second kappa shape index (κ2) is 9.27. The lowest BCUT2D eigenvalue weighted by molar-refractivity contribution is 0.0474. The van der Waals surface area contributed by atoms with Gasteiger partial charge < -0.3 is 9.47 Å². The van der Waals surface area contributed by atoms with Crippen LogP contribution in [0.5, 0.6) is 5.75 Å². The van der Waals surface area contributed by atoms with Crippen molar-refractivity contribution in [3.8, 4) is 5.75 Å². The fourth-order valence-corrected chi connectivity index (χ4v) is 4.80. The second-order valence-electron chi connectivity index (χ2n) is 7.21. The minimum atomic E-state index is -3.89. The third-order valence-electron chi connectivity index (χ3n) is 4.43. The molecule has 10 nitrogen and oxygen atoms in total. The van der Waals surface area contributed by atoms with Crippen molar-refractivity contribution in [2.75, 3.05) is 24.7 Å². The highest BCUT2D eigenvalue weighted by molar-refractivity contribution is 7.92. The number of ether oxygens (including phenoxy) is 2. The predicted molar refractivity (Wildman–Crippen MR) is 116 cm³/mol. The van der Waals surface area contributed by atoms with E-state index in [4.69, 9.17) is 9.47 Å². The Kier molecular flexibility index (Phi) is 6.86. The standard InChI is InChI=1S/C20H22N2O8S2/c1-29-18-10-5-14(11-19(18)32(27,28)22-16-8-9-16)20(24)30-12-17(23)13-3-6-15(7-4-13)21-31(2,25)26/h3-7,10-11,16,21-22H,8-9,12H2,1-2H3. The summed E-state index contributed by atoms with van der Waals surface area (Å²) in [6.45, 7) is -0.577. The molecule has 172 valence electrons. The molecule has 0 bridgehead atoms. The fraction of sp³-hybridized carbons (Fsp3) is 0.300. The van der Waals surface area contributed by atoms with Gasteiger partial charge in [0.25, 0.3) is 0 Å². The molecule has 0 spiro atoms. The van der Waals surface area contributed by atoms with Gasteiger partial charge in [0.2, 0.25) is 20.0 Å². The van der Waals surface area contributed by atoms with Crippen molar-refractivity contribution < 1.29 is 35.9 Å². The molecule has 1 saturated carbocycles. The molecule has 3 rings (SSSR count). The van der Waals surface area contributed by atoms with E-state index in [-0.39, 0.29) is 33.5 Å². The molecular formula is C20H22N2O8S2. The number of carbonyl (C=O) groups excluding carboxylic acids is 2. The van der Waals surface area contributed by atoms with Crippen LogP contribution in [-0.2, 0) is 24.8 Å². The summed E-state index contributed by atoms with van der Waals surface area (Å²) < 4.78 is 62.5. The number of esters is 1. The number of ketones is 1. The number of hydrogen-bond donors (Lipinski definition) is 2. The van der Waals surface area contributed by atoms with Crippen molar-refractivity contribution in [1.29, 1.82) is 0 Å². The maximum atomic E-state index is 12.6. The summed E-state index contributed by atoms with van der Waals surface area (Å²) in [5, 5.41) is 0. The van der Waals surface area contributed by atoms with E-state index in [2.05, 4.69) is 9.44 Å². The molecule has 0 radical (unpaired) electrons. The molecule has 0 amide bonds. The van der Waals surface area contributed by atoms with Crippen LogP contribution in [0.2, 0.25) is 0 Å². The number of carbonyl (C=O) groups is 2. The Labute approximate surface area is 186 Å². The van der Waals surface area contributed by atoms with Crippen LogP contribution in [0.4, 0.5) is 5.69 Å². The number of nitrogens with one attached hydrogen (secondary N) is 2. The number of benzene rings is 2. The number of sulfonamides is 2. The predicted octanol–water partition coefficient (Wildman–Crippen LogP) is 1.55. The summed E-state index contributed by atoms with van der Waals surface area (Å²) in [5.41, 5.74) is 0.443.